The topological polar surface area (TPSA) is 94.3 Å². The summed E-state index contributed by atoms with van der Waals surface area (Å²) in [7, 11) is 0. The normalized spacial score (nSPS) is 18.3. The molecule has 5 rings (SSSR count). The van der Waals surface area contributed by atoms with Crippen molar-refractivity contribution in [2.45, 2.75) is 91.6 Å². The van der Waals surface area contributed by atoms with E-state index in [1.165, 1.54) is 25.7 Å². The predicted octanol–water partition coefficient (Wildman–Crippen LogP) is 6.45. The van der Waals surface area contributed by atoms with Crippen molar-refractivity contribution in [3.63, 3.8) is 0 Å². The summed E-state index contributed by atoms with van der Waals surface area (Å²) in [5.41, 5.74) is 5.27. The van der Waals surface area contributed by atoms with E-state index in [0.29, 0.717) is 18.3 Å². The minimum Gasteiger partial charge on any atom is -0.296 e. The lowest BCUT2D eigenvalue weighted by Gasteiger charge is -2.36. The first-order valence-corrected chi connectivity index (χ1v) is 14.4. The molecule has 8 heteroatoms. The summed E-state index contributed by atoms with van der Waals surface area (Å²) in [5.74, 6) is 1.02. The van der Waals surface area contributed by atoms with Crippen LogP contribution in [0.3, 0.4) is 0 Å². The molecule has 0 aliphatic heterocycles. The zero-order chi connectivity index (χ0) is 27.4. The van der Waals surface area contributed by atoms with E-state index >= 15 is 0 Å². The van der Waals surface area contributed by atoms with Crippen molar-refractivity contribution in [1.82, 2.24) is 34.7 Å². The van der Waals surface area contributed by atoms with Gasteiger partial charge in [-0.25, -0.2) is 4.79 Å². The molecule has 1 saturated carbocycles. The van der Waals surface area contributed by atoms with Crippen molar-refractivity contribution < 1.29 is 0 Å². The van der Waals surface area contributed by atoms with E-state index in [9.17, 15) is 4.79 Å². The SMILES string of the molecule is CCCCc1cn(C2CCCCCC2C(C)(C)C)c(=O)n1Cc1cnccc1-c1ccccc1-c1nn[nH]n1. The van der Waals surface area contributed by atoms with Crippen LogP contribution < -0.4 is 5.69 Å². The first kappa shape index (κ1) is 27.0. The Morgan fingerprint density at radius 3 is 2.56 bits per heavy atom. The van der Waals surface area contributed by atoms with Crippen LogP contribution in [0, 0.1) is 11.3 Å². The zero-order valence-electron chi connectivity index (χ0n) is 23.7. The second-order valence-corrected chi connectivity index (χ2v) is 12.0. The van der Waals surface area contributed by atoms with Gasteiger partial charge >= 0.3 is 5.69 Å². The van der Waals surface area contributed by atoms with Crippen molar-refractivity contribution >= 4 is 0 Å². The van der Waals surface area contributed by atoms with Crippen molar-refractivity contribution in [2.75, 3.05) is 0 Å². The molecule has 0 radical (unpaired) electrons. The van der Waals surface area contributed by atoms with Gasteiger partial charge in [-0.1, -0.05) is 77.6 Å². The van der Waals surface area contributed by atoms with E-state index in [1.54, 1.807) is 6.20 Å². The number of hydrogen-bond donors (Lipinski definition) is 1. The van der Waals surface area contributed by atoms with Crippen LogP contribution in [0.2, 0.25) is 0 Å². The number of nitrogens with one attached hydrogen (secondary N) is 1. The van der Waals surface area contributed by atoms with Crippen LogP contribution in [-0.2, 0) is 13.0 Å². The quantitative estimate of drug-likeness (QED) is 0.266. The highest BCUT2D eigenvalue weighted by molar-refractivity contribution is 5.81. The number of rotatable bonds is 8. The maximum atomic E-state index is 14.2. The van der Waals surface area contributed by atoms with Gasteiger partial charge in [-0.15, -0.1) is 10.2 Å². The summed E-state index contributed by atoms with van der Waals surface area (Å²) in [6, 6.07) is 10.3. The molecule has 39 heavy (non-hydrogen) atoms. The fraction of sp³-hybridized carbons (Fsp3) is 0.516. The number of hydrogen-bond acceptors (Lipinski definition) is 5. The van der Waals surface area contributed by atoms with Crippen molar-refractivity contribution in [3.8, 4) is 22.5 Å². The smallest absolute Gasteiger partial charge is 0.296 e. The number of imidazole rings is 1. The Morgan fingerprint density at radius 1 is 1.03 bits per heavy atom. The third-order valence-corrected chi connectivity index (χ3v) is 8.36. The molecule has 2 unspecified atom stereocenters. The molecule has 1 aliphatic rings. The van der Waals surface area contributed by atoms with E-state index in [-0.39, 0.29) is 17.1 Å². The van der Waals surface area contributed by atoms with Gasteiger partial charge in [0.2, 0.25) is 5.82 Å². The second kappa shape index (κ2) is 11.7. The van der Waals surface area contributed by atoms with Crippen molar-refractivity contribution in [1.29, 1.82) is 0 Å². The number of aromatic nitrogens is 7. The van der Waals surface area contributed by atoms with Crippen LogP contribution >= 0.6 is 0 Å². The lowest BCUT2D eigenvalue weighted by Crippen LogP contribution is -2.35. The highest BCUT2D eigenvalue weighted by Crippen LogP contribution is 2.43. The lowest BCUT2D eigenvalue weighted by atomic mass is 9.74. The number of aromatic amines is 1. The van der Waals surface area contributed by atoms with E-state index in [2.05, 4.69) is 70.1 Å². The average molecular weight is 528 g/mol. The molecule has 1 aromatic carbocycles. The fourth-order valence-corrected chi connectivity index (χ4v) is 6.32. The van der Waals surface area contributed by atoms with Crippen molar-refractivity contribution in [3.05, 3.63) is 70.7 Å². The van der Waals surface area contributed by atoms with E-state index in [1.807, 2.05) is 35.0 Å². The fourth-order valence-electron chi connectivity index (χ4n) is 6.32. The molecule has 2 atom stereocenters. The van der Waals surface area contributed by atoms with Crippen LogP contribution in [0.15, 0.2) is 53.7 Å². The van der Waals surface area contributed by atoms with Crippen molar-refractivity contribution in [2.24, 2.45) is 11.3 Å². The number of benzene rings is 1. The van der Waals surface area contributed by atoms with E-state index < -0.39 is 0 Å². The molecule has 0 amide bonds. The second-order valence-electron chi connectivity index (χ2n) is 12.0. The molecular formula is C31H41N7O. The summed E-state index contributed by atoms with van der Waals surface area (Å²) >= 11 is 0. The summed E-state index contributed by atoms with van der Waals surface area (Å²) in [4.78, 5) is 18.7. The molecule has 8 nitrogen and oxygen atoms in total. The molecule has 3 heterocycles. The molecule has 1 fully saturated rings. The van der Waals surface area contributed by atoms with Crippen LogP contribution in [0.1, 0.15) is 89.9 Å². The summed E-state index contributed by atoms with van der Waals surface area (Å²) in [5, 5.41) is 14.7. The van der Waals surface area contributed by atoms with E-state index in [4.69, 9.17) is 0 Å². The number of nitrogens with zero attached hydrogens (tertiary/aromatic N) is 6. The molecule has 206 valence electrons. The van der Waals surface area contributed by atoms with Gasteiger partial charge in [0, 0.05) is 35.9 Å². The van der Waals surface area contributed by atoms with Crippen LogP contribution in [0.5, 0.6) is 0 Å². The maximum absolute atomic E-state index is 14.2. The van der Waals surface area contributed by atoms with Gasteiger partial charge in [0.25, 0.3) is 0 Å². The molecule has 1 aliphatic carbocycles. The maximum Gasteiger partial charge on any atom is 0.328 e. The summed E-state index contributed by atoms with van der Waals surface area (Å²) in [6.07, 6.45) is 14.8. The Kier molecular flexibility index (Phi) is 8.10. The number of unbranched alkanes of at least 4 members (excludes halogenated alkanes) is 1. The lowest BCUT2D eigenvalue weighted by molar-refractivity contribution is 0.148. The van der Waals surface area contributed by atoms with Gasteiger partial charge in [-0.3, -0.25) is 14.1 Å². The Hall–Kier alpha value is -3.55. The van der Waals surface area contributed by atoms with Crippen LogP contribution in [-0.4, -0.2) is 34.7 Å². The molecule has 0 saturated heterocycles. The third kappa shape index (κ3) is 5.75. The van der Waals surface area contributed by atoms with E-state index in [0.717, 1.165) is 53.6 Å². The van der Waals surface area contributed by atoms with Gasteiger partial charge in [-0.05, 0) is 65.0 Å². The Morgan fingerprint density at radius 2 is 1.82 bits per heavy atom. The predicted molar refractivity (Wildman–Crippen MR) is 154 cm³/mol. The van der Waals surface area contributed by atoms with Gasteiger partial charge in [0.15, 0.2) is 0 Å². The van der Waals surface area contributed by atoms with Crippen LogP contribution in [0.25, 0.3) is 22.5 Å². The minimum absolute atomic E-state index is 0.100. The molecule has 1 N–H and O–H groups in total. The van der Waals surface area contributed by atoms with Gasteiger partial charge in [0.05, 0.1) is 6.54 Å². The summed E-state index contributed by atoms with van der Waals surface area (Å²) in [6.45, 7) is 9.67. The Bertz CT molecular complexity index is 1430. The molecule has 4 aromatic rings. The van der Waals surface area contributed by atoms with Crippen LogP contribution in [0.4, 0.5) is 0 Å². The largest absolute Gasteiger partial charge is 0.328 e. The third-order valence-electron chi connectivity index (χ3n) is 8.36. The number of aryl methyl sites for hydroxylation is 1. The Labute approximate surface area is 230 Å². The number of H-pyrrole nitrogens is 1. The molecule has 0 bridgehead atoms. The summed E-state index contributed by atoms with van der Waals surface area (Å²) < 4.78 is 4.09. The highest BCUT2D eigenvalue weighted by atomic mass is 16.1. The Balaban J connectivity index is 1.58. The van der Waals surface area contributed by atoms with Gasteiger partial charge in [-0.2, -0.15) is 5.21 Å². The minimum atomic E-state index is 0.100. The molecule has 3 aromatic heterocycles. The first-order chi connectivity index (χ1) is 18.9. The highest BCUT2D eigenvalue weighted by Gasteiger charge is 2.35. The number of pyridine rings is 1. The molecular weight excluding hydrogens is 486 g/mol. The standard InChI is InChI=1S/C31H41N7O/c1-5-6-12-23-21-38(28-16-9-7-8-15-27(28)31(2,3)4)30(39)37(23)20-22-19-32-18-17-24(22)25-13-10-11-14-26(25)29-33-35-36-34-29/h10-11,13-14,17-19,21,27-28H,5-9,12,15-16,20H2,1-4H3,(H,33,34,35,36). The van der Waals surface area contributed by atoms with Gasteiger partial charge in [0.1, 0.15) is 0 Å². The molecule has 0 spiro atoms. The zero-order valence-corrected chi connectivity index (χ0v) is 23.7. The monoisotopic (exact) mass is 527 g/mol. The van der Waals surface area contributed by atoms with Gasteiger partial charge < -0.3 is 0 Å². The average Bonchev–Trinajstić information content (AvgIpc) is 3.48. The first-order valence-electron chi connectivity index (χ1n) is 14.4. The number of tetrazole rings is 1.